The molecule has 0 radical (unpaired) electrons. The molecule has 1 unspecified atom stereocenters. The third-order valence-corrected chi connectivity index (χ3v) is 5.15. The standard InChI is InChI=1S/C13H21N3OS/c1-3-10-7-15-11(18-10)9(2)16-12(17)13(8-14)5-4-6-13/h7,9H,3-6,8,14H2,1-2H3,(H,16,17). The van der Waals surface area contributed by atoms with Gasteiger partial charge in [0.25, 0.3) is 0 Å². The van der Waals surface area contributed by atoms with E-state index in [1.807, 2.05) is 13.1 Å². The van der Waals surface area contributed by atoms with Crippen molar-refractivity contribution in [1.29, 1.82) is 0 Å². The minimum absolute atomic E-state index is 0.0215. The van der Waals surface area contributed by atoms with Crippen LogP contribution in [0.1, 0.15) is 49.0 Å². The van der Waals surface area contributed by atoms with Crippen LogP contribution in [0.5, 0.6) is 0 Å². The molecule has 0 bridgehead atoms. The molecule has 18 heavy (non-hydrogen) atoms. The molecule has 2 rings (SSSR count). The number of thiazole rings is 1. The fraction of sp³-hybridized carbons (Fsp3) is 0.692. The van der Waals surface area contributed by atoms with Crippen LogP contribution in [0.3, 0.4) is 0 Å². The van der Waals surface area contributed by atoms with E-state index >= 15 is 0 Å². The minimum Gasteiger partial charge on any atom is -0.347 e. The van der Waals surface area contributed by atoms with Crippen molar-refractivity contribution in [2.24, 2.45) is 11.1 Å². The van der Waals surface area contributed by atoms with Crippen molar-refractivity contribution in [2.75, 3.05) is 6.54 Å². The predicted molar refractivity (Wildman–Crippen MR) is 73.4 cm³/mol. The number of rotatable bonds is 5. The number of aryl methyl sites for hydroxylation is 1. The summed E-state index contributed by atoms with van der Waals surface area (Å²) in [6.45, 7) is 4.54. The first-order valence-electron chi connectivity index (χ1n) is 6.57. The molecule has 1 heterocycles. The molecule has 0 saturated heterocycles. The highest BCUT2D eigenvalue weighted by Gasteiger charge is 2.43. The third kappa shape index (κ3) is 2.42. The van der Waals surface area contributed by atoms with Crippen LogP contribution in [0.25, 0.3) is 0 Å². The van der Waals surface area contributed by atoms with Crippen LogP contribution >= 0.6 is 11.3 Å². The lowest BCUT2D eigenvalue weighted by Gasteiger charge is -2.39. The van der Waals surface area contributed by atoms with Crippen LogP contribution in [0, 0.1) is 5.41 Å². The molecule has 1 amide bonds. The molecular weight excluding hydrogens is 246 g/mol. The fourth-order valence-electron chi connectivity index (χ4n) is 2.23. The minimum atomic E-state index is -0.306. The van der Waals surface area contributed by atoms with Crippen molar-refractivity contribution in [2.45, 2.75) is 45.6 Å². The summed E-state index contributed by atoms with van der Waals surface area (Å²) in [6.07, 6.45) is 5.83. The maximum Gasteiger partial charge on any atom is 0.228 e. The average Bonchev–Trinajstić information content (AvgIpc) is 2.76. The van der Waals surface area contributed by atoms with Crippen LogP contribution in [-0.4, -0.2) is 17.4 Å². The molecule has 0 aliphatic heterocycles. The van der Waals surface area contributed by atoms with Crippen LogP contribution in [0.15, 0.2) is 6.20 Å². The van der Waals surface area contributed by atoms with Crippen molar-refractivity contribution >= 4 is 17.2 Å². The summed E-state index contributed by atoms with van der Waals surface area (Å²) in [5.74, 6) is 0.0944. The summed E-state index contributed by atoms with van der Waals surface area (Å²) in [4.78, 5) is 17.8. The highest BCUT2D eigenvalue weighted by Crippen LogP contribution is 2.40. The highest BCUT2D eigenvalue weighted by atomic mass is 32.1. The summed E-state index contributed by atoms with van der Waals surface area (Å²) >= 11 is 1.67. The monoisotopic (exact) mass is 267 g/mol. The van der Waals surface area contributed by atoms with Crippen molar-refractivity contribution in [3.8, 4) is 0 Å². The van der Waals surface area contributed by atoms with Gasteiger partial charge in [-0.15, -0.1) is 11.3 Å². The van der Waals surface area contributed by atoms with Gasteiger partial charge in [0.1, 0.15) is 5.01 Å². The number of hydrogen-bond donors (Lipinski definition) is 2. The molecule has 1 aromatic rings. The van der Waals surface area contributed by atoms with Crippen LogP contribution in [0.2, 0.25) is 0 Å². The van der Waals surface area contributed by atoms with Gasteiger partial charge in [-0.2, -0.15) is 0 Å². The molecule has 1 aliphatic carbocycles. The first-order chi connectivity index (χ1) is 8.61. The second-order valence-electron chi connectivity index (χ2n) is 5.05. The van der Waals surface area contributed by atoms with E-state index < -0.39 is 0 Å². The zero-order valence-corrected chi connectivity index (χ0v) is 11.8. The van der Waals surface area contributed by atoms with Gasteiger partial charge in [0.2, 0.25) is 5.91 Å². The van der Waals surface area contributed by atoms with Crippen molar-refractivity contribution < 1.29 is 4.79 Å². The van der Waals surface area contributed by atoms with E-state index in [9.17, 15) is 4.79 Å². The maximum atomic E-state index is 12.2. The summed E-state index contributed by atoms with van der Waals surface area (Å²) in [7, 11) is 0. The number of nitrogens with zero attached hydrogens (tertiary/aromatic N) is 1. The molecule has 4 nitrogen and oxygen atoms in total. The van der Waals surface area contributed by atoms with Crippen LogP contribution < -0.4 is 11.1 Å². The molecule has 1 aromatic heterocycles. The van der Waals surface area contributed by atoms with E-state index in [4.69, 9.17) is 5.73 Å². The topological polar surface area (TPSA) is 68.0 Å². The smallest absolute Gasteiger partial charge is 0.228 e. The van der Waals surface area contributed by atoms with E-state index in [-0.39, 0.29) is 17.4 Å². The number of hydrogen-bond acceptors (Lipinski definition) is 4. The summed E-state index contributed by atoms with van der Waals surface area (Å²) in [5, 5.41) is 4.03. The number of amides is 1. The Morgan fingerprint density at radius 2 is 2.39 bits per heavy atom. The Balaban J connectivity index is 1.98. The molecule has 1 atom stereocenters. The Morgan fingerprint density at radius 3 is 2.83 bits per heavy atom. The highest BCUT2D eigenvalue weighted by molar-refractivity contribution is 7.11. The lowest BCUT2D eigenvalue weighted by molar-refractivity contribution is -0.135. The Labute approximate surface area is 112 Å². The van der Waals surface area contributed by atoms with E-state index in [1.165, 1.54) is 4.88 Å². The van der Waals surface area contributed by atoms with E-state index in [0.717, 1.165) is 30.7 Å². The Morgan fingerprint density at radius 1 is 1.67 bits per heavy atom. The van der Waals surface area contributed by atoms with Gasteiger partial charge in [-0.3, -0.25) is 4.79 Å². The van der Waals surface area contributed by atoms with Crippen LogP contribution in [0.4, 0.5) is 0 Å². The number of nitrogens with one attached hydrogen (secondary N) is 1. The lowest BCUT2D eigenvalue weighted by atomic mass is 9.68. The van der Waals surface area contributed by atoms with Gasteiger partial charge >= 0.3 is 0 Å². The summed E-state index contributed by atoms with van der Waals surface area (Å²) < 4.78 is 0. The molecule has 1 saturated carbocycles. The number of nitrogens with two attached hydrogens (primary N) is 1. The average molecular weight is 267 g/mol. The Hall–Kier alpha value is -0.940. The Kier molecular flexibility index (Phi) is 4.02. The molecule has 0 aromatic carbocycles. The number of aromatic nitrogens is 1. The van der Waals surface area contributed by atoms with E-state index in [0.29, 0.717) is 6.54 Å². The van der Waals surface area contributed by atoms with Crippen molar-refractivity contribution in [3.05, 3.63) is 16.1 Å². The molecule has 1 fully saturated rings. The van der Waals surface area contributed by atoms with Gasteiger partial charge in [0.15, 0.2) is 0 Å². The molecule has 3 N–H and O–H groups in total. The second-order valence-corrected chi connectivity index (χ2v) is 6.20. The summed E-state index contributed by atoms with van der Waals surface area (Å²) in [6, 6.07) is -0.0215. The quantitative estimate of drug-likeness (QED) is 0.857. The first-order valence-corrected chi connectivity index (χ1v) is 7.38. The fourth-order valence-corrected chi connectivity index (χ4v) is 3.08. The Bertz CT molecular complexity index is 420. The zero-order valence-electron chi connectivity index (χ0n) is 11.0. The number of carbonyl (C=O) groups excluding carboxylic acids is 1. The van der Waals surface area contributed by atoms with Gasteiger partial charge in [0, 0.05) is 17.6 Å². The van der Waals surface area contributed by atoms with Crippen molar-refractivity contribution in [1.82, 2.24) is 10.3 Å². The SMILES string of the molecule is CCc1cnc(C(C)NC(=O)C2(CN)CCC2)s1. The molecule has 0 spiro atoms. The van der Waals surface area contributed by atoms with Crippen molar-refractivity contribution in [3.63, 3.8) is 0 Å². The lowest BCUT2D eigenvalue weighted by Crippen LogP contribution is -2.50. The maximum absolute atomic E-state index is 12.2. The molecule has 1 aliphatic rings. The van der Waals surface area contributed by atoms with Gasteiger partial charge in [-0.05, 0) is 26.2 Å². The van der Waals surface area contributed by atoms with Gasteiger partial charge in [-0.25, -0.2) is 4.98 Å². The van der Waals surface area contributed by atoms with Gasteiger partial charge in [0.05, 0.1) is 11.5 Å². The normalized spacial score (nSPS) is 19.1. The van der Waals surface area contributed by atoms with E-state index in [1.54, 1.807) is 11.3 Å². The third-order valence-electron chi connectivity index (χ3n) is 3.82. The van der Waals surface area contributed by atoms with Gasteiger partial charge < -0.3 is 11.1 Å². The van der Waals surface area contributed by atoms with Crippen LogP contribution in [-0.2, 0) is 11.2 Å². The summed E-state index contributed by atoms with van der Waals surface area (Å²) in [5.41, 5.74) is 5.43. The zero-order chi connectivity index (χ0) is 13.2. The van der Waals surface area contributed by atoms with E-state index in [2.05, 4.69) is 17.2 Å². The number of carbonyl (C=O) groups is 1. The second kappa shape index (κ2) is 5.36. The molecule has 5 heteroatoms. The molecule has 100 valence electrons. The first kappa shape index (κ1) is 13.5. The van der Waals surface area contributed by atoms with Gasteiger partial charge in [-0.1, -0.05) is 13.3 Å². The predicted octanol–water partition coefficient (Wildman–Crippen LogP) is 2.01. The molecular formula is C13H21N3OS. The largest absolute Gasteiger partial charge is 0.347 e.